The van der Waals surface area contributed by atoms with Crippen LogP contribution in [0.25, 0.3) is 0 Å². The van der Waals surface area contributed by atoms with Crippen molar-refractivity contribution >= 4 is 34.1 Å². The lowest BCUT2D eigenvalue weighted by Crippen LogP contribution is -2.12. The van der Waals surface area contributed by atoms with Crippen molar-refractivity contribution in [3.05, 3.63) is 70.5 Å². The number of rotatable bonds is 8. The number of thiazole rings is 1. The van der Waals surface area contributed by atoms with E-state index in [4.69, 9.17) is 9.47 Å². The van der Waals surface area contributed by atoms with Gasteiger partial charge in [-0.15, -0.1) is 11.3 Å². The summed E-state index contributed by atoms with van der Waals surface area (Å²) in [4.78, 5) is 16.9. The van der Waals surface area contributed by atoms with Gasteiger partial charge in [-0.3, -0.25) is 10.1 Å². The van der Waals surface area contributed by atoms with Crippen LogP contribution in [0.5, 0.6) is 11.5 Å². The minimum absolute atomic E-state index is 0.234. The molecule has 2 aromatic carbocycles. The second-order valence-electron chi connectivity index (χ2n) is 5.82. The quantitative estimate of drug-likeness (QED) is 0.559. The molecule has 0 unspecified atom stereocenters. The van der Waals surface area contributed by atoms with Gasteiger partial charge in [-0.25, -0.2) is 9.37 Å². The third-order valence-electron chi connectivity index (χ3n) is 3.82. The van der Waals surface area contributed by atoms with Crippen molar-refractivity contribution in [3.63, 3.8) is 0 Å². The summed E-state index contributed by atoms with van der Waals surface area (Å²) in [5.74, 6) is 2.04. The molecule has 1 N–H and O–H groups in total. The topological polar surface area (TPSA) is 60.5 Å². The summed E-state index contributed by atoms with van der Waals surface area (Å²) in [5, 5.41) is 5.25. The monoisotopic (exact) mass is 418 g/mol. The van der Waals surface area contributed by atoms with Gasteiger partial charge in [0, 0.05) is 28.5 Å². The summed E-state index contributed by atoms with van der Waals surface area (Å²) < 4.78 is 23.3. The van der Waals surface area contributed by atoms with Gasteiger partial charge in [0.15, 0.2) is 5.13 Å². The van der Waals surface area contributed by atoms with E-state index in [1.807, 2.05) is 5.38 Å². The maximum absolute atomic E-state index is 12.9. The molecule has 1 amide bonds. The highest BCUT2D eigenvalue weighted by atomic mass is 32.2. The summed E-state index contributed by atoms with van der Waals surface area (Å²) in [6.45, 7) is 0. The summed E-state index contributed by atoms with van der Waals surface area (Å²) in [7, 11) is 3.07. The molecule has 0 saturated carbocycles. The van der Waals surface area contributed by atoms with E-state index in [1.54, 1.807) is 42.1 Å². The third kappa shape index (κ3) is 5.46. The number of nitrogens with one attached hydrogen (secondary N) is 1. The first kappa shape index (κ1) is 20.2. The number of nitrogens with zero attached hydrogens (tertiary/aromatic N) is 1. The van der Waals surface area contributed by atoms with Gasteiger partial charge in [-0.05, 0) is 29.8 Å². The Hall–Kier alpha value is -2.58. The van der Waals surface area contributed by atoms with E-state index in [0.717, 1.165) is 17.0 Å². The maximum atomic E-state index is 12.9. The molecule has 0 atom stereocenters. The fourth-order valence-electron chi connectivity index (χ4n) is 2.39. The van der Waals surface area contributed by atoms with Gasteiger partial charge >= 0.3 is 0 Å². The minimum atomic E-state index is -0.280. The average molecular weight is 419 g/mol. The van der Waals surface area contributed by atoms with Gasteiger partial charge in [0.25, 0.3) is 5.91 Å². The van der Waals surface area contributed by atoms with Gasteiger partial charge < -0.3 is 9.47 Å². The van der Waals surface area contributed by atoms with Crippen LogP contribution in [0.1, 0.15) is 21.6 Å². The molecule has 28 heavy (non-hydrogen) atoms. The molecule has 5 nitrogen and oxygen atoms in total. The Kier molecular flexibility index (Phi) is 6.89. The van der Waals surface area contributed by atoms with Crippen LogP contribution in [0.3, 0.4) is 0 Å². The fraction of sp³-hybridized carbons (Fsp3) is 0.200. The number of methoxy groups -OCH3 is 2. The Morgan fingerprint density at radius 3 is 2.43 bits per heavy atom. The molecule has 1 heterocycles. The Bertz CT molecular complexity index is 923. The minimum Gasteiger partial charge on any atom is -0.497 e. The van der Waals surface area contributed by atoms with Crippen molar-refractivity contribution < 1.29 is 18.7 Å². The molecule has 0 radical (unpaired) electrons. The number of carbonyl (C=O) groups is 1. The van der Waals surface area contributed by atoms with Crippen LogP contribution in [-0.4, -0.2) is 25.1 Å². The highest BCUT2D eigenvalue weighted by Crippen LogP contribution is 2.25. The Morgan fingerprint density at radius 1 is 1.11 bits per heavy atom. The molecule has 0 bridgehead atoms. The highest BCUT2D eigenvalue weighted by Gasteiger charge is 2.12. The number of hydrogen-bond acceptors (Lipinski definition) is 6. The van der Waals surface area contributed by atoms with E-state index < -0.39 is 0 Å². The number of benzene rings is 2. The van der Waals surface area contributed by atoms with E-state index in [2.05, 4.69) is 10.3 Å². The molecule has 0 aliphatic heterocycles. The van der Waals surface area contributed by atoms with E-state index >= 15 is 0 Å². The molecule has 146 valence electrons. The fourth-order valence-corrected chi connectivity index (χ4v) is 4.09. The normalized spacial score (nSPS) is 10.5. The molecule has 3 aromatic rings. The Morgan fingerprint density at radius 2 is 1.79 bits per heavy atom. The predicted octanol–water partition coefficient (Wildman–Crippen LogP) is 4.99. The van der Waals surface area contributed by atoms with Crippen LogP contribution in [0, 0.1) is 5.82 Å². The van der Waals surface area contributed by atoms with Crippen molar-refractivity contribution in [2.24, 2.45) is 0 Å². The zero-order chi connectivity index (χ0) is 19.9. The van der Waals surface area contributed by atoms with Crippen LogP contribution in [0.2, 0.25) is 0 Å². The molecule has 0 aliphatic rings. The average Bonchev–Trinajstić information content (AvgIpc) is 3.16. The third-order valence-corrected chi connectivity index (χ3v) is 5.66. The van der Waals surface area contributed by atoms with Gasteiger partial charge in [0.1, 0.15) is 17.3 Å². The second-order valence-corrected chi connectivity index (χ2v) is 7.66. The number of thioether (sulfide) groups is 1. The number of hydrogen-bond donors (Lipinski definition) is 1. The van der Waals surface area contributed by atoms with Gasteiger partial charge in [-0.2, -0.15) is 11.8 Å². The molecular weight excluding hydrogens is 399 g/mol. The van der Waals surface area contributed by atoms with Crippen molar-refractivity contribution in [1.82, 2.24) is 4.98 Å². The summed E-state index contributed by atoms with van der Waals surface area (Å²) in [6, 6.07) is 11.5. The molecule has 0 fully saturated rings. The summed E-state index contributed by atoms with van der Waals surface area (Å²) >= 11 is 3.05. The van der Waals surface area contributed by atoms with Crippen molar-refractivity contribution in [3.8, 4) is 11.5 Å². The van der Waals surface area contributed by atoms with Gasteiger partial charge in [0.2, 0.25) is 0 Å². The van der Waals surface area contributed by atoms with E-state index in [-0.39, 0.29) is 11.7 Å². The smallest absolute Gasteiger partial charge is 0.257 e. The molecule has 0 saturated heterocycles. The molecule has 3 rings (SSSR count). The first-order chi connectivity index (χ1) is 13.6. The number of aromatic nitrogens is 1. The van der Waals surface area contributed by atoms with Crippen LogP contribution < -0.4 is 14.8 Å². The first-order valence-electron chi connectivity index (χ1n) is 8.38. The standard InChI is InChI=1S/C20H19FN2O3S2/c1-25-17-7-14(8-18(9-17)26-2)19(24)23-20-22-16(12-28-20)11-27-10-13-3-5-15(21)6-4-13/h3-9,12H,10-11H2,1-2H3,(H,22,23,24). The number of ether oxygens (including phenoxy) is 2. The first-order valence-corrected chi connectivity index (χ1v) is 10.4. The van der Waals surface area contributed by atoms with Gasteiger partial charge in [-0.1, -0.05) is 12.1 Å². The van der Waals surface area contributed by atoms with E-state index in [1.165, 1.54) is 37.7 Å². The largest absolute Gasteiger partial charge is 0.497 e. The van der Waals surface area contributed by atoms with Crippen LogP contribution >= 0.6 is 23.1 Å². The zero-order valence-electron chi connectivity index (χ0n) is 15.4. The lowest BCUT2D eigenvalue weighted by molar-refractivity contribution is 0.102. The molecule has 8 heteroatoms. The summed E-state index contributed by atoms with van der Waals surface area (Å²) in [5.41, 5.74) is 2.37. The predicted molar refractivity (Wildman–Crippen MR) is 111 cm³/mol. The second kappa shape index (κ2) is 9.57. The van der Waals surface area contributed by atoms with E-state index in [9.17, 15) is 9.18 Å². The zero-order valence-corrected chi connectivity index (χ0v) is 17.0. The van der Waals surface area contributed by atoms with E-state index in [0.29, 0.717) is 27.9 Å². The maximum Gasteiger partial charge on any atom is 0.257 e. The van der Waals surface area contributed by atoms with Gasteiger partial charge in [0.05, 0.1) is 19.9 Å². The molecular formula is C20H19FN2O3S2. The highest BCUT2D eigenvalue weighted by molar-refractivity contribution is 7.97. The van der Waals surface area contributed by atoms with Crippen molar-refractivity contribution in [1.29, 1.82) is 0 Å². The SMILES string of the molecule is COc1cc(OC)cc(C(=O)Nc2nc(CSCc3ccc(F)cc3)cs2)c1. The molecule has 1 aromatic heterocycles. The summed E-state index contributed by atoms with van der Waals surface area (Å²) in [6.07, 6.45) is 0. The molecule has 0 spiro atoms. The number of halogens is 1. The number of carbonyl (C=O) groups excluding carboxylic acids is 1. The Balaban J connectivity index is 1.56. The number of anilines is 1. The van der Waals surface area contributed by atoms with Crippen LogP contribution in [0.4, 0.5) is 9.52 Å². The van der Waals surface area contributed by atoms with Crippen LogP contribution in [0.15, 0.2) is 47.8 Å². The van der Waals surface area contributed by atoms with Crippen molar-refractivity contribution in [2.45, 2.75) is 11.5 Å². The lowest BCUT2D eigenvalue weighted by atomic mass is 10.2. The number of amides is 1. The van der Waals surface area contributed by atoms with Crippen LogP contribution in [-0.2, 0) is 11.5 Å². The lowest BCUT2D eigenvalue weighted by Gasteiger charge is -2.08. The van der Waals surface area contributed by atoms with Crippen molar-refractivity contribution in [2.75, 3.05) is 19.5 Å². The Labute approximate surface area is 170 Å². The molecule has 0 aliphatic carbocycles.